The number of nitrogens with one attached hydrogen (secondary N) is 1. The van der Waals surface area contributed by atoms with Crippen molar-refractivity contribution >= 4 is 35.2 Å². The van der Waals surface area contributed by atoms with E-state index in [1.807, 2.05) is 30.9 Å². The van der Waals surface area contributed by atoms with E-state index in [4.69, 9.17) is 16.0 Å². The molecule has 1 aromatic carbocycles. The highest BCUT2D eigenvalue weighted by Crippen LogP contribution is 2.24. The Kier molecular flexibility index (Phi) is 6.26. The van der Waals surface area contributed by atoms with Crippen LogP contribution in [0.4, 0.5) is 11.6 Å². The molecule has 2 rings (SSSR count). The monoisotopic (exact) mass is 357 g/mol. The van der Waals surface area contributed by atoms with E-state index in [-0.39, 0.29) is 5.57 Å². The van der Waals surface area contributed by atoms with Gasteiger partial charge in [0.05, 0.1) is 0 Å². The van der Waals surface area contributed by atoms with Crippen molar-refractivity contribution in [3.05, 3.63) is 52.3 Å². The van der Waals surface area contributed by atoms with Crippen LogP contribution in [0.2, 0.25) is 5.02 Å². The molecule has 1 heterocycles. The Morgan fingerprint density at radius 3 is 2.68 bits per heavy atom. The molecule has 0 saturated carbocycles. The molecule has 5 nitrogen and oxygen atoms in total. The topological polar surface area (TPSA) is 69.3 Å². The van der Waals surface area contributed by atoms with Gasteiger partial charge in [-0.3, -0.25) is 4.79 Å². The van der Waals surface area contributed by atoms with Crippen LogP contribution in [-0.4, -0.2) is 19.0 Å². The fraction of sp³-hybridized carbons (Fsp3) is 0.263. The Morgan fingerprint density at radius 1 is 1.32 bits per heavy atom. The highest BCUT2D eigenvalue weighted by atomic mass is 35.5. The normalized spacial score (nSPS) is 11.1. The van der Waals surface area contributed by atoms with Gasteiger partial charge in [-0.05, 0) is 44.5 Å². The summed E-state index contributed by atoms with van der Waals surface area (Å²) in [6.45, 7) is 7.49. The fourth-order valence-electron chi connectivity index (χ4n) is 2.35. The van der Waals surface area contributed by atoms with Crippen molar-refractivity contribution < 1.29 is 9.21 Å². The Hall–Kier alpha value is -2.71. The maximum absolute atomic E-state index is 12.4. The maximum atomic E-state index is 12.4. The number of carbonyl (C=O) groups excluding carboxylic acids is 1. The van der Waals surface area contributed by atoms with Crippen LogP contribution < -0.4 is 10.2 Å². The lowest BCUT2D eigenvalue weighted by Crippen LogP contribution is -2.20. The minimum atomic E-state index is -0.506. The Morgan fingerprint density at radius 2 is 2.04 bits per heavy atom. The number of hydrogen-bond acceptors (Lipinski definition) is 4. The van der Waals surface area contributed by atoms with E-state index < -0.39 is 5.91 Å². The van der Waals surface area contributed by atoms with Gasteiger partial charge >= 0.3 is 0 Å². The SMILES string of the molecule is CCN(CC)c1ccc(/C=C(\C#N)C(=O)Nc2cccc(Cl)c2C)o1. The highest BCUT2D eigenvalue weighted by molar-refractivity contribution is 6.31. The van der Waals surface area contributed by atoms with E-state index in [1.54, 1.807) is 31.2 Å². The molecule has 0 radical (unpaired) electrons. The smallest absolute Gasteiger partial charge is 0.266 e. The molecule has 0 spiro atoms. The van der Waals surface area contributed by atoms with Gasteiger partial charge in [0.15, 0.2) is 5.88 Å². The van der Waals surface area contributed by atoms with Crippen LogP contribution in [0.1, 0.15) is 25.2 Å². The van der Waals surface area contributed by atoms with Crippen molar-refractivity contribution in [3.63, 3.8) is 0 Å². The molecule has 0 aliphatic rings. The van der Waals surface area contributed by atoms with E-state index in [1.165, 1.54) is 6.08 Å². The van der Waals surface area contributed by atoms with Crippen LogP contribution >= 0.6 is 11.6 Å². The second-order valence-electron chi connectivity index (χ2n) is 5.38. The summed E-state index contributed by atoms with van der Waals surface area (Å²) in [5, 5.41) is 12.6. The molecule has 1 amide bonds. The minimum absolute atomic E-state index is 0.0418. The summed E-state index contributed by atoms with van der Waals surface area (Å²) >= 11 is 6.05. The van der Waals surface area contributed by atoms with E-state index in [9.17, 15) is 10.1 Å². The standard InChI is InChI=1S/C19H20ClN3O2/c1-4-23(5-2)18-10-9-15(25-18)11-14(12-21)19(24)22-17-8-6-7-16(20)13(17)3/h6-11H,4-5H2,1-3H3,(H,22,24)/b14-11+. The number of nitriles is 1. The summed E-state index contributed by atoms with van der Waals surface area (Å²) in [6.07, 6.45) is 1.43. The van der Waals surface area contributed by atoms with Gasteiger partial charge in [0.2, 0.25) is 0 Å². The Labute approximate surface area is 152 Å². The van der Waals surface area contributed by atoms with Crippen molar-refractivity contribution in [2.45, 2.75) is 20.8 Å². The highest BCUT2D eigenvalue weighted by Gasteiger charge is 2.13. The average molecular weight is 358 g/mol. The van der Waals surface area contributed by atoms with Crippen LogP contribution in [-0.2, 0) is 4.79 Å². The number of nitrogens with zero attached hydrogens (tertiary/aromatic N) is 2. The second kappa shape index (κ2) is 8.41. The summed E-state index contributed by atoms with van der Waals surface area (Å²) in [7, 11) is 0. The molecule has 2 aromatic rings. The van der Waals surface area contributed by atoms with Gasteiger partial charge < -0.3 is 14.6 Å². The van der Waals surface area contributed by atoms with Gasteiger partial charge in [0.25, 0.3) is 5.91 Å². The van der Waals surface area contributed by atoms with E-state index in [2.05, 4.69) is 5.32 Å². The van der Waals surface area contributed by atoms with Gasteiger partial charge in [-0.1, -0.05) is 17.7 Å². The molecule has 0 fully saturated rings. The molecule has 0 bridgehead atoms. The molecule has 0 unspecified atom stereocenters. The minimum Gasteiger partial charge on any atom is -0.441 e. The average Bonchev–Trinajstić information content (AvgIpc) is 3.06. The number of benzene rings is 1. The van der Waals surface area contributed by atoms with Crippen molar-refractivity contribution in [1.82, 2.24) is 0 Å². The van der Waals surface area contributed by atoms with Crippen molar-refractivity contribution in [1.29, 1.82) is 5.26 Å². The number of halogens is 1. The first-order valence-electron chi connectivity index (χ1n) is 8.03. The molecule has 0 atom stereocenters. The molecule has 0 aliphatic carbocycles. The van der Waals surface area contributed by atoms with Crippen LogP contribution in [0.5, 0.6) is 0 Å². The zero-order valence-electron chi connectivity index (χ0n) is 14.5. The van der Waals surface area contributed by atoms with Crippen LogP contribution in [0.25, 0.3) is 6.08 Å². The Bertz CT molecular complexity index is 829. The van der Waals surface area contributed by atoms with Gasteiger partial charge in [-0.15, -0.1) is 0 Å². The Balaban J connectivity index is 2.21. The molecule has 0 saturated heterocycles. The fourth-order valence-corrected chi connectivity index (χ4v) is 2.52. The zero-order valence-corrected chi connectivity index (χ0v) is 15.2. The summed E-state index contributed by atoms with van der Waals surface area (Å²) < 4.78 is 5.70. The van der Waals surface area contributed by atoms with Gasteiger partial charge in [-0.2, -0.15) is 5.26 Å². The molecule has 1 N–H and O–H groups in total. The molecule has 0 aliphatic heterocycles. The van der Waals surface area contributed by atoms with Crippen LogP contribution in [0.15, 0.2) is 40.3 Å². The molecule has 25 heavy (non-hydrogen) atoms. The summed E-state index contributed by atoms with van der Waals surface area (Å²) in [5.41, 5.74) is 1.28. The van der Waals surface area contributed by atoms with E-state index in [0.717, 1.165) is 18.7 Å². The molecular formula is C19H20ClN3O2. The molecule has 1 aromatic heterocycles. The summed E-state index contributed by atoms with van der Waals surface area (Å²) in [6, 6.07) is 10.7. The third kappa shape index (κ3) is 4.43. The van der Waals surface area contributed by atoms with E-state index >= 15 is 0 Å². The lowest BCUT2D eigenvalue weighted by molar-refractivity contribution is -0.112. The summed E-state index contributed by atoms with van der Waals surface area (Å²) in [5.74, 6) is 0.657. The van der Waals surface area contributed by atoms with Gasteiger partial charge in [0.1, 0.15) is 17.4 Å². The van der Waals surface area contributed by atoms with Crippen molar-refractivity contribution in [3.8, 4) is 6.07 Å². The summed E-state index contributed by atoms with van der Waals surface area (Å²) in [4.78, 5) is 14.4. The first-order chi connectivity index (χ1) is 12.0. The van der Waals surface area contributed by atoms with Crippen molar-refractivity contribution in [2.75, 3.05) is 23.3 Å². The number of rotatable bonds is 6. The predicted octanol–water partition coefficient (Wildman–Crippen LogP) is 4.63. The number of carbonyl (C=O) groups is 1. The number of furan rings is 1. The largest absolute Gasteiger partial charge is 0.441 e. The lowest BCUT2D eigenvalue weighted by Gasteiger charge is -2.16. The second-order valence-corrected chi connectivity index (χ2v) is 5.79. The van der Waals surface area contributed by atoms with Crippen LogP contribution in [0, 0.1) is 18.3 Å². The number of anilines is 2. The van der Waals surface area contributed by atoms with Crippen LogP contribution in [0.3, 0.4) is 0 Å². The molecular weight excluding hydrogens is 338 g/mol. The molecule has 6 heteroatoms. The van der Waals surface area contributed by atoms with E-state index in [0.29, 0.717) is 22.4 Å². The zero-order chi connectivity index (χ0) is 18.4. The third-order valence-corrected chi connectivity index (χ3v) is 4.26. The predicted molar refractivity (Wildman–Crippen MR) is 101 cm³/mol. The lowest BCUT2D eigenvalue weighted by atomic mass is 10.1. The molecule has 130 valence electrons. The number of hydrogen-bond donors (Lipinski definition) is 1. The van der Waals surface area contributed by atoms with Gasteiger partial charge in [0, 0.05) is 35.9 Å². The quantitative estimate of drug-likeness (QED) is 0.604. The first kappa shape index (κ1) is 18.6. The first-order valence-corrected chi connectivity index (χ1v) is 8.41. The third-order valence-electron chi connectivity index (χ3n) is 3.86. The maximum Gasteiger partial charge on any atom is 0.266 e. The van der Waals surface area contributed by atoms with Crippen molar-refractivity contribution in [2.24, 2.45) is 0 Å². The number of amides is 1. The van der Waals surface area contributed by atoms with Gasteiger partial charge in [-0.25, -0.2) is 0 Å².